The number of aryl methyl sites for hydroxylation is 1. The van der Waals surface area contributed by atoms with Gasteiger partial charge < -0.3 is 10.3 Å². The highest BCUT2D eigenvalue weighted by atomic mass is 15.1. The molecule has 0 aliphatic heterocycles. The normalized spacial score (nSPS) is 10.0. The first-order chi connectivity index (χ1) is 6.79. The maximum atomic E-state index is 8.80. The lowest BCUT2D eigenvalue weighted by Crippen LogP contribution is -2.00. The van der Waals surface area contributed by atoms with Crippen LogP contribution in [0.3, 0.4) is 0 Å². The molecule has 0 fully saturated rings. The SMILES string of the molecule is CCCCCCn1cnc(N)c1C#N. The molecule has 0 bridgehead atoms. The predicted molar refractivity (Wildman–Crippen MR) is 55.5 cm³/mol. The highest BCUT2D eigenvalue weighted by molar-refractivity contribution is 5.43. The van der Waals surface area contributed by atoms with E-state index in [0.717, 1.165) is 13.0 Å². The summed E-state index contributed by atoms with van der Waals surface area (Å²) in [6.07, 6.45) is 6.38. The smallest absolute Gasteiger partial charge is 0.164 e. The lowest BCUT2D eigenvalue weighted by molar-refractivity contribution is 0.579. The molecule has 1 rings (SSSR count). The van der Waals surface area contributed by atoms with E-state index in [9.17, 15) is 0 Å². The average Bonchev–Trinajstić information content (AvgIpc) is 2.54. The Bertz CT molecular complexity index is 321. The molecule has 1 aromatic rings. The number of nitrogens with two attached hydrogens (primary N) is 1. The Kier molecular flexibility index (Phi) is 3.99. The number of rotatable bonds is 5. The molecule has 14 heavy (non-hydrogen) atoms. The van der Waals surface area contributed by atoms with Crippen LogP contribution >= 0.6 is 0 Å². The van der Waals surface area contributed by atoms with E-state index in [1.165, 1.54) is 19.3 Å². The molecule has 0 saturated heterocycles. The van der Waals surface area contributed by atoms with Gasteiger partial charge in [0.05, 0.1) is 6.33 Å². The first-order valence-corrected chi connectivity index (χ1v) is 5.00. The van der Waals surface area contributed by atoms with Crippen LogP contribution in [-0.2, 0) is 6.54 Å². The quantitative estimate of drug-likeness (QED) is 0.724. The van der Waals surface area contributed by atoms with Gasteiger partial charge in [0.15, 0.2) is 11.5 Å². The molecule has 0 atom stereocenters. The standard InChI is InChI=1S/C10H16N4/c1-2-3-4-5-6-14-8-13-10(12)9(14)7-11/h8H,2-6,12H2,1H3. The second-order valence-electron chi connectivity index (χ2n) is 3.34. The molecule has 0 amide bonds. The highest BCUT2D eigenvalue weighted by Gasteiger charge is 2.05. The van der Waals surface area contributed by atoms with E-state index in [4.69, 9.17) is 11.0 Å². The van der Waals surface area contributed by atoms with Crippen LogP contribution in [0.5, 0.6) is 0 Å². The van der Waals surface area contributed by atoms with Crippen molar-refractivity contribution in [2.75, 3.05) is 5.73 Å². The average molecular weight is 192 g/mol. The van der Waals surface area contributed by atoms with E-state index < -0.39 is 0 Å². The zero-order valence-corrected chi connectivity index (χ0v) is 8.53. The van der Waals surface area contributed by atoms with Crippen LogP contribution in [0.25, 0.3) is 0 Å². The number of imidazole rings is 1. The second kappa shape index (κ2) is 5.28. The van der Waals surface area contributed by atoms with E-state index in [-0.39, 0.29) is 0 Å². The first kappa shape index (κ1) is 10.6. The van der Waals surface area contributed by atoms with Crippen LogP contribution in [0.4, 0.5) is 5.82 Å². The largest absolute Gasteiger partial charge is 0.381 e. The van der Waals surface area contributed by atoms with Crippen molar-refractivity contribution in [2.24, 2.45) is 0 Å². The fourth-order valence-electron chi connectivity index (χ4n) is 1.40. The second-order valence-corrected chi connectivity index (χ2v) is 3.34. The van der Waals surface area contributed by atoms with Crippen molar-refractivity contribution in [3.8, 4) is 6.07 Å². The van der Waals surface area contributed by atoms with Crippen LogP contribution in [0.1, 0.15) is 38.3 Å². The van der Waals surface area contributed by atoms with Crippen LogP contribution in [0, 0.1) is 11.3 Å². The Hall–Kier alpha value is -1.50. The zero-order valence-electron chi connectivity index (χ0n) is 8.53. The molecule has 0 aliphatic carbocycles. The van der Waals surface area contributed by atoms with Crippen molar-refractivity contribution in [1.29, 1.82) is 5.26 Å². The van der Waals surface area contributed by atoms with Crippen LogP contribution < -0.4 is 5.73 Å². The Morgan fingerprint density at radius 3 is 2.93 bits per heavy atom. The minimum Gasteiger partial charge on any atom is -0.381 e. The monoisotopic (exact) mass is 192 g/mol. The minimum atomic E-state index is 0.336. The fraction of sp³-hybridized carbons (Fsp3) is 0.600. The Morgan fingerprint density at radius 2 is 2.29 bits per heavy atom. The molecule has 4 nitrogen and oxygen atoms in total. The molecular weight excluding hydrogens is 176 g/mol. The van der Waals surface area contributed by atoms with E-state index in [2.05, 4.69) is 18.0 Å². The van der Waals surface area contributed by atoms with E-state index in [1.54, 1.807) is 6.33 Å². The van der Waals surface area contributed by atoms with Gasteiger partial charge in [-0.05, 0) is 6.42 Å². The Morgan fingerprint density at radius 1 is 1.50 bits per heavy atom. The number of nitriles is 1. The van der Waals surface area contributed by atoms with E-state index in [0.29, 0.717) is 11.5 Å². The number of aromatic nitrogens is 2. The molecular formula is C10H16N4. The summed E-state index contributed by atoms with van der Waals surface area (Å²) in [6.45, 7) is 3.02. The lowest BCUT2D eigenvalue weighted by atomic mass is 10.2. The zero-order chi connectivity index (χ0) is 10.4. The van der Waals surface area contributed by atoms with Gasteiger partial charge in [-0.3, -0.25) is 0 Å². The molecule has 0 saturated carbocycles. The molecule has 0 radical (unpaired) electrons. The van der Waals surface area contributed by atoms with Gasteiger partial charge in [0, 0.05) is 6.54 Å². The van der Waals surface area contributed by atoms with Crippen molar-refractivity contribution >= 4 is 5.82 Å². The summed E-state index contributed by atoms with van der Waals surface area (Å²) in [5, 5.41) is 8.80. The third kappa shape index (κ3) is 2.49. The van der Waals surface area contributed by atoms with Crippen LogP contribution in [-0.4, -0.2) is 9.55 Å². The van der Waals surface area contributed by atoms with Crippen molar-refractivity contribution < 1.29 is 0 Å². The molecule has 2 N–H and O–H groups in total. The minimum absolute atomic E-state index is 0.336. The summed E-state index contributed by atoms with van der Waals surface area (Å²) >= 11 is 0. The topological polar surface area (TPSA) is 67.6 Å². The van der Waals surface area contributed by atoms with Crippen molar-refractivity contribution in [2.45, 2.75) is 39.2 Å². The van der Waals surface area contributed by atoms with Gasteiger partial charge in [-0.15, -0.1) is 0 Å². The van der Waals surface area contributed by atoms with Crippen LogP contribution in [0.2, 0.25) is 0 Å². The summed E-state index contributed by atoms with van der Waals surface area (Å²) in [4.78, 5) is 3.90. The van der Waals surface area contributed by atoms with Gasteiger partial charge in [0.1, 0.15) is 6.07 Å². The molecule has 1 aromatic heterocycles. The van der Waals surface area contributed by atoms with Gasteiger partial charge in [-0.2, -0.15) is 5.26 Å². The summed E-state index contributed by atoms with van der Waals surface area (Å²) in [7, 11) is 0. The number of hydrogen-bond donors (Lipinski definition) is 1. The highest BCUT2D eigenvalue weighted by Crippen LogP contribution is 2.09. The van der Waals surface area contributed by atoms with Gasteiger partial charge in [0.2, 0.25) is 0 Å². The maximum absolute atomic E-state index is 8.80. The predicted octanol–water partition coefficient (Wildman–Crippen LogP) is 1.92. The summed E-state index contributed by atoms with van der Waals surface area (Å²) < 4.78 is 1.82. The van der Waals surface area contributed by atoms with E-state index >= 15 is 0 Å². The number of anilines is 1. The first-order valence-electron chi connectivity index (χ1n) is 5.00. The van der Waals surface area contributed by atoms with Crippen LogP contribution in [0.15, 0.2) is 6.33 Å². The molecule has 0 aromatic carbocycles. The summed E-state index contributed by atoms with van der Waals surface area (Å²) in [6, 6.07) is 2.06. The number of unbranched alkanes of at least 4 members (excludes halogenated alkanes) is 3. The maximum Gasteiger partial charge on any atom is 0.164 e. The third-order valence-corrected chi connectivity index (χ3v) is 2.22. The number of nitrogen functional groups attached to an aromatic ring is 1. The number of nitrogens with zero attached hydrogens (tertiary/aromatic N) is 3. The third-order valence-electron chi connectivity index (χ3n) is 2.22. The Balaban J connectivity index is 2.47. The van der Waals surface area contributed by atoms with Gasteiger partial charge in [-0.25, -0.2) is 4.98 Å². The summed E-state index contributed by atoms with van der Waals surface area (Å²) in [5.41, 5.74) is 6.02. The van der Waals surface area contributed by atoms with E-state index in [1.807, 2.05) is 4.57 Å². The molecule has 1 heterocycles. The molecule has 4 heteroatoms. The van der Waals surface area contributed by atoms with Gasteiger partial charge in [-0.1, -0.05) is 26.2 Å². The van der Waals surface area contributed by atoms with Crippen molar-refractivity contribution in [1.82, 2.24) is 9.55 Å². The molecule has 0 aliphatic rings. The lowest BCUT2D eigenvalue weighted by Gasteiger charge is -2.02. The van der Waals surface area contributed by atoms with Gasteiger partial charge in [0.25, 0.3) is 0 Å². The molecule has 0 unspecified atom stereocenters. The Labute approximate surface area is 84.4 Å². The van der Waals surface area contributed by atoms with Crippen molar-refractivity contribution in [3.05, 3.63) is 12.0 Å². The summed E-state index contributed by atoms with van der Waals surface area (Å²) in [5.74, 6) is 0.336. The van der Waals surface area contributed by atoms with Crippen molar-refractivity contribution in [3.63, 3.8) is 0 Å². The molecule has 76 valence electrons. The fourth-order valence-corrected chi connectivity index (χ4v) is 1.40. The molecule has 0 spiro atoms. The van der Waals surface area contributed by atoms with Gasteiger partial charge >= 0.3 is 0 Å². The number of hydrogen-bond acceptors (Lipinski definition) is 3.